The van der Waals surface area contributed by atoms with E-state index >= 15 is 0 Å². The summed E-state index contributed by atoms with van der Waals surface area (Å²) >= 11 is 0. The second-order valence-electron chi connectivity index (χ2n) is 12.4. The summed E-state index contributed by atoms with van der Waals surface area (Å²) in [5.41, 5.74) is -2.17. The average molecular weight is 505 g/mol. The molecule has 3 N–H and O–H groups in total. The van der Waals surface area contributed by atoms with Gasteiger partial charge in [0, 0.05) is 11.5 Å². The maximum atomic E-state index is 12.7. The summed E-state index contributed by atoms with van der Waals surface area (Å²) in [5, 5.41) is 35.0. The molecule has 9 nitrogen and oxygen atoms in total. The number of carbonyl (C=O) groups excluding carboxylic acids is 3. The lowest BCUT2D eigenvalue weighted by molar-refractivity contribution is -0.345. The van der Waals surface area contributed by atoms with Crippen LogP contribution in [0.5, 0.6) is 0 Å². The van der Waals surface area contributed by atoms with Gasteiger partial charge in [-0.1, -0.05) is 13.8 Å². The van der Waals surface area contributed by atoms with E-state index in [-0.39, 0.29) is 55.5 Å². The number of esters is 3. The molecule has 0 aromatic rings. The van der Waals surface area contributed by atoms with Crippen molar-refractivity contribution >= 4 is 17.9 Å². The zero-order valence-corrected chi connectivity index (χ0v) is 20.9. The van der Waals surface area contributed by atoms with Crippen LogP contribution in [0.15, 0.2) is 11.6 Å². The number of hydrogen-bond donors (Lipinski definition) is 3. The first-order valence-corrected chi connectivity index (χ1v) is 13.3. The summed E-state index contributed by atoms with van der Waals surface area (Å²) in [5.74, 6) is -3.92. The summed E-state index contributed by atoms with van der Waals surface area (Å²) in [6.07, 6.45) is 2.93. The molecule has 0 aromatic heterocycles. The molecule has 0 radical (unpaired) electrons. The highest BCUT2D eigenvalue weighted by Crippen LogP contribution is 2.72. The van der Waals surface area contributed by atoms with Crippen LogP contribution in [0.2, 0.25) is 0 Å². The van der Waals surface area contributed by atoms with Crippen LogP contribution in [-0.4, -0.2) is 63.4 Å². The topological polar surface area (TPSA) is 140 Å². The second kappa shape index (κ2) is 7.77. The van der Waals surface area contributed by atoms with Gasteiger partial charge in [0.1, 0.15) is 6.61 Å². The third kappa shape index (κ3) is 2.96. The van der Waals surface area contributed by atoms with Crippen molar-refractivity contribution in [3.8, 4) is 0 Å². The second-order valence-corrected chi connectivity index (χ2v) is 12.4. The summed E-state index contributed by atoms with van der Waals surface area (Å²) < 4.78 is 17.1. The first-order valence-electron chi connectivity index (χ1n) is 13.3. The molecular weight excluding hydrogens is 468 g/mol. The van der Waals surface area contributed by atoms with Crippen molar-refractivity contribution in [3.05, 3.63) is 11.6 Å². The van der Waals surface area contributed by atoms with E-state index in [0.717, 1.165) is 5.57 Å². The molecule has 6 rings (SSSR count). The van der Waals surface area contributed by atoms with E-state index in [4.69, 9.17) is 14.2 Å². The Labute approximate surface area is 210 Å². The average Bonchev–Trinajstić information content (AvgIpc) is 3.30. The lowest BCUT2D eigenvalue weighted by Gasteiger charge is -2.67. The van der Waals surface area contributed by atoms with Crippen molar-refractivity contribution in [1.82, 2.24) is 0 Å². The lowest BCUT2D eigenvalue weighted by Crippen LogP contribution is -2.72. The number of ether oxygens (including phenoxy) is 3. The van der Waals surface area contributed by atoms with Crippen LogP contribution >= 0.6 is 0 Å². The van der Waals surface area contributed by atoms with Crippen LogP contribution in [0.1, 0.15) is 71.6 Å². The number of aliphatic hydroxyl groups excluding tert-OH is 2. The molecule has 1 spiro atoms. The lowest BCUT2D eigenvalue weighted by atomic mass is 9.41. The maximum Gasteiger partial charge on any atom is 0.331 e. The highest BCUT2D eigenvalue weighted by atomic mass is 16.7. The van der Waals surface area contributed by atoms with Crippen molar-refractivity contribution in [2.75, 3.05) is 6.61 Å². The molecule has 0 amide bonds. The molecule has 0 aromatic carbocycles. The van der Waals surface area contributed by atoms with Gasteiger partial charge in [-0.05, 0) is 67.8 Å². The summed E-state index contributed by atoms with van der Waals surface area (Å²) in [6.45, 7) is 4.07. The van der Waals surface area contributed by atoms with Gasteiger partial charge in [-0.15, -0.1) is 0 Å². The first kappa shape index (κ1) is 24.4. The van der Waals surface area contributed by atoms with Crippen LogP contribution in [0.25, 0.3) is 0 Å². The number of cyclic esters (lactones) is 1. The third-order valence-electron chi connectivity index (χ3n) is 11.3. The fraction of sp³-hybridized carbons (Fsp3) is 0.815. The number of aliphatic hydroxyl groups is 3. The Morgan fingerprint density at radius 3 is 2.25 bits per heavy atom. The van der Waals surface area contributed by atoms with E-state index in [1.165, 1.54) is 6.08 Å². The Morgan fingerprint density at radius 2 is 1.61 bits per heavy atom. The fourth-order valence-electron chi connectivity index (χ4n) is 9.47. The molecule has 9 atom stereocenters. The van der Waals surface area contributed by atoms with E-state index in [9.17, 15) is 29.7 Å². The number of rotatable bonds is 1. The van der Waals surface area contributed by atoms with Crippen molar-refractivity contribution in [2.45, 2.75) is 95.2 Å². The molecule has 4 aliphatic carbocycles. The van der Waals surface area contributed by atoms with Gasteiger partial charge in [0.2, 0.25) is 0 Å². The number of hydrogen-bond acceptors (Lipinski definition) is 9. The Hall–Kier alpha value is -1.97. The minimum atomic E-state index is -1.64. The molecule has 1 saturated heterocycles. The van der Waals surface area contributed by atoms with Gasteiger partial charge >= 0.3 is 17.9 Å². The molecule has 0 unspecified atom stereocenters. The largest absolute Gasteiger partial charge is 0.458 e. The van der Waals surface area contributed by atoms with Gasteiger partial charge in [0.25, 0.3) is 5.79 Å². The smallest absolute Gasteiger partial charge is 0.331 e. The van der Waals surface area contributed by atoms with E-state index < -0.39 is 46.4 Å². The van der Waals surface area contributed by atoms with Crippen LogP contribution in [0.4, 0.5) is 0 Å². The highest BCUT2D eigenvalue weighted by molar-refractivity contribution is 5.85. The van der Waals surface area contributed by atoms with Gasteiger partial charge in [-0.3, -0.25) is 9.59 Å². The summed E-state index contributed by atoms with van der Waals surface area (Å²) in [7, 11) is 0. The van der Waals surface area contributed by atoms with E-state index in [1.54, 1.807) is 0 Å². The fourth-order valence-corrected chi connectivity index (χ4v) is 9.47. The molecular formula is C27H36O9. The highest BCUT2D eigenvalue weighted by Gasteiger charge is 2.75. The SMILES string of the molecule is C[C@]12[C@H](CC[C@@H]3[C@@H]1C[C@@H](O)[C@]1(C)[C@@H](C4=CC(=O)OC4)CC[C@]31O)C[C@H](O)CC21OC(=O)CCC(=O)O1. The maximum absolute atomic E-state index is 12.7. The Morgan fingerprint density at radius 1 is 0.917 bits per heavy atom. The number of fused-ring (bicyclic) bond motifs is 6. The monoisotopic (exact) mass is 504 g/mol. The van der Waals surface area contributed by atoms with E-state index in [0.29, 0.717) is 38.5 Å². The van der Waals surface area contributed by atoms with Gasteiger partial charge in [-0.2, -0.15) is 0 Å². The van der Waals surface area contributed by atoms with Gasteiger partial charge in [-0.25, -0.2) is 4.79 Å². The van der Waals surface area contributed by atoms with Crippen molar-refractivity contribution < 1.29 is 43.9 Å². The minimum Gasteiger partial charge on any atom is -0.458 e. The van der Waals surface area contributed by atoms with Crippen molar-refractivity contribution in [1.29, 1.82) is 0 Å². The molecule has 5 fully saturated rings. The van der Waals surface area contributed by atoms with Crippen molar-refractivity contribution in [2.24, 2.45) is 34.5 Å². The third-order valence-corrected chi connectivity index (χ3v) is 11.3. The van der Waals surface area contributed by atoms with Gasteiger partial charge in [0.15, 0.2) is 0 Å². The van der Waals surface area contributed by atoms with Crippen LogP contribution in [0, 0.1) is 34.5 Å². The van der Waals surface area contributed by atoms with Crippen LogP contribution in [0.3, 0.4) is 0 Å². The Bertz CT molecular complexity index is 1020. The quantitative estimate of drug-likeness (QED) is 0.456. The predicted molar refractivity (Wildman–Crippen MR) is 123 cm³/mol. The van der Waals surface area contributed by atoms with Crippen molar-refractivity contribution in [3.63, 3.8) is 0 Å². The van der Waals surface area contributed by atoms with Gasteiger partial charge < -0.3 is 29.5 Å². The zero-order valence-electron chi connectivity index (χ0n) is 20.9. The molecule has 2 aliphatic heterocycles. The molecule has 198 valence electrons. The Kier molecular flexibility index (Phi) is 5.26. The summed E-state index contributed by atoms with van der Waals surface area (Å²) in [4.78, 5) is 37.2. The van der Waals surface area contributed by atoms with E-state index in [2.05, 4.69) is 0 Å². The molecule has 6 aliphatic rings. The molecule has 36 heavy (non-hydrogen) atoms. The van der Waals surface area contributed by atoms with Gasteiger partial charge in [0.05, 0.1) is 42.5 Å². The molecule has 2 heterocycles. The summed E-state index contributed by atoms with van der Waals surface area (Å²) in [6, 6.07) is 0. The first-order chi connectivity index (χ1) is 16.9. The molecule has 0 bridgehead atoms. The normalized spacial score (nSPS) is 49.7. The standard InChI is InChI=1S/C27H36O9/c1-24-15(10-16(28)12-27(24)35-21(30)5-6-22(31)36-27)3-4-18-19(24)11-20(29)25(2)17(7-8-26(18,25)33)14-9-23(32)34-13-14/h9,15-20,28-29,33H,3-8,10-13H2,1-2H3/t15-,16+,17-,18-,19+,20-,24+,25+,26+/m1/s1. The predicted octanol–water partition coefficient (Wildman–Crippen LogP) is 1.76. The zero-order chi connectivity index (χ0) is 25.7. The van der Waals surface area contributed by atoms with E-state index in [1.807, 2.05) is 13.8 Å². The number of carbonyl (C=O) groups is 3. The van der Waals surface area contributed by atoms with Crippen LogP contribution in [-0.2, 0) is 28.6 Å². The minimum absolute atomic E-state index is 0.0124. The molecule has 9 heteroatoms. The molecule has 4 saturated carbocycles. The van der Waals surface area contributed by atoms with Crippen LogP contribution < -0.4 is 0 Å². The Balaban J connectivity index is 1.44.